The molecule has 100 valence electrons. The Hall–Kier alpha value is -0.550. The first-order chi connectivity index (χ1) is 8.75. The van der Waals surface area contributed by atoms with Gasteiger partial charge in [-0.1, -0.05) is 12.8 Å². The fourth-order valence-corrected chi connectivity index (χ4v) is 2.50. The van der Waals surface area contributed by atoms with Gasteiger partial charge in [0.1, 0.15) is 4.60 Å². The zero-order chi connectivity index (χ0) is 13.2. The predicted molar refractivity (Wildman–Crippen MR) is 81.1 cm³/mol. The number of aromatic nitrogens is 1. The van der Waals surface area contributed by atoms with Crippen molar-refractivity contribution in [3.8, 4) is 0 Å². The Kier molecular flexibility index (Phi) is 8.09. The van der Waals surface area contributed by atoms with Crippen molar-refractivity contribution < 1.29 is 4.79 Å². The third-order valence-corrected chi connectivity index (χ3v) is 3.89. The van der Waals surface area contributed by atoms with Crippen LogP contribution in [0.15, 0.2) is 22.9 Å². The number of hydrogen-bond acceptors (Lipinski definition) is 3. The van der Waals surface area contributed by atoms with Gasteiger partial charge in [-0.3, -0.25) is 4.79 Å². The van der Waals surface area contributed by atoms with Crippen LogP contribution in [0.5, 0.6) is 0 Å². The van der Waals surface area contributed by atoms with E-state index in [0.29, 0.717) is 10.2 Å². The molecule has 0 atom stereocenters. The quantitative estimate of drug-likeness (QED) is 0.586. The first kappa shape index (κ1) is 15.5. The maximum absolute atomic E-state index is 11.8. The second-order valence-corrected chi connectivity index (χ2v) is 5.74. The Labute approximate surface area is 121 Å². The van der Waals surface area contributed by atoms with Crippen molar-refractivity contribution in [1.82, 2.24) is 10.3 Å². The smallest absolute Gasteiger partial charge is 0.254 e. The van der Waals surface area contributed by atoms with Gasteiger partial charge in [0, 0.05) is 12.7 Å². The SMILES string of the molecule is CSCCCCCCNC(=O)c1cccnc1Br. The van der Waals surface area contributed by atoms with E-state index in [9.17, 15) is 4.79 Å². The van der Waals surface area contributed by atoms with E-state index in [-0.39, 0.29) is 5.91 Å². The van der Waals surface area contributed by atoms with Crippen LogP contribution >= 0.6 is 27.7 Å². The summed E-state index contributed by atoms with van der Waals surface area (Å²) in [4.78, 5) is 15.8. The minimum Gasteiger partial charge on any atom is -0.352 e. The van der Waals surface area contributed by atoms with Crippen LogP contribution in [0.1, 0.15) is 36.0 Å². The van der Waals surface area contributed by atoms with Crippen LogP contribution in [0.2, 0.25) is 0 Å². The number of carbonyl (C=O) groups excluding carboxylic acids is 1. The van der Waals surface area contributed by atoms with E-state index in [4.69, 9.17) is 0 Å². The summed E-state index contributed by atoms with van der Waals surface area (Å²) in [6.45, 7) is 0.736. The molecule has 0 radical (unpaired) electrons. The summed E-state index contributed by atoms with van der Waals surface area (Å²) in [6.07, 6.45) is 8.52. The van der Waals surface area contributed by atoms with Gasteiger partial charge in [0.15, 0.2) is 0 Å². The lowest BCUT2D eigenvalue weighted by atomic mass is 10.2. The Balaban J connectivity index is 2.16. The molecule has 0 unspecified atom stereocenters. The highest BCUT2D eigenvalue weighted by Crippen LogP contribution is 2.12. The molecule has 18 heavy (non-hydrogen) atoms. The number of unbranched alkanes of at least 4 members (excludes halogenated alkanes) is 3. The lowest BCUT2D eigenvalue weighted by Gasteiger charge is -2.06. The molecule has 0 fully saturated rings. The molecule has 1 aromatic rings. The van der Waals surface area contributed by atoms with Crippen LogP contribution in [0.3, 0.4) is 0 Å². The zero-order valence-electron chi connectivity index (χ0n) is 10.6. The van der Waals surface area contributed by atoms with Gasteiger partial charge >= 0.3 is 0 Å². The van der Waals surface area contributed by atoms with E-state index in [0.717, 1.165) is 13.0 Å². The number of pyridine rings is 1. The van der Waals surface area contributed by atoms with Gasteiger partial charge in [-0.25, -0.2) is 4.98 Å². The number of halogens is 1. The summed E-state index contributed by atoms with van der Waals surface area (Å²) in [5.41, 5.74) is 0.597. The number of nitrogens with zero attached hydrogens (tertiary/aromatic N) is 1. The lowest BCUT2D eigenvalue weighted by Crippen LogP contribution is -2.24. The van der Waals surface area contributed by atoms with Crippen molar-refractivity contribution in [1.29, 1.82) is 0 Å². The van der Waals surface area contributed by atoms with E-state index >= 15 is 0 Å². The predicted octanol–water partition coefficient (Wildman–Crippen LogP) is 3.50. The first-order valence-corrected chi connectivity index (χ1v) is 8.32. The van der Waals surface area contributed by atoms with Crippen molar-refractivity contribution in [2.45, 2.75) is 25.7 Å². The summed E-state index contributed by atoms with van der Waals surface area (Å²) < 4.78 is 0.600. The summed E-state index contributed by atoms with van der Waals surface area (Å²) >= 11 is 5.16. The summed E-state index contributed by atoms with van der Waals surface area (Å²) in [5, 5.41) is 2.92. The van der Waals surface area contributed by atoms with Gasteiger partial charge < -0.3 is 5.32 Å². The van der Waals surface area contributed by atoms with Gasteiger partial charge in [0.2, 0.25) is 0 Å². The first-order valence-electron chi connectivity index (χ1n) is 6.13. The topological polar surface area (TPSA) is 42.0 Å². The average molecular weight is 331 g/mol. The van der Waals surface area contributed by atoms with Gasteiger partial charge in [0.25, 0.3) is 5.91 Å². The van der Waals surface area contributed by atoms with Crippen LogP contribution in [0.25, 0.3) is 0 Å². The molecule has 0 saturated heterocycles. The van der Waals surface area contributed by atoms with E-state index in [2.05, 4.69) is 32.5 Å². The Morgan fingerprint density at radius 3 is 2.89 bits per heavy atom. The van der Waals surface area contributed by atoms with Crippen LogP contribution in [-0.2, 0) is 0 Å². The highest BCUT2D eigenvalue weighted by atomic mass is 79.9. The molecular weight excluding hydrogens is 312 g/mol. The van der Waals surface area contributed by atoms with E-state index in [1.807, 2.05) is 11.8 Å². The summed E-state index contributed by atoms with van der Waals surface area (Å²) in [5.74, 6) is 1.17. The molecule has 3 nitrogen and oxygen atoms in total. The maximum Gasteiger partial charge on any atom is 0.254 e. The van der Waals surface area contributed by atoms with E-state index in [1.54, 1.807) is 18.3 Å². The van der Waals surface area contributed by atoms with Gasteiger partial charge in [-0.05, 0) is 52.9 Å². The fourth-order valence-electron chi connectivity index (χ4n) is 1.58. The minimum absolute atomic E-state index is 0.0564. The van der Waals surface area contributed by atoms with Crippen LogP contribution in [0.4, 0.5) is 0 Å². The van der Waals surface area contributed by atoms with Crippen LogP contribution in [-0.4, -0.2) is 29.4 Å². The van der Waals surface area contributed by atoms with Crippen LogP contribution in [0, 0.1) is 0 Å². The highest BCUT2D eigenvalue weighted by Gasteiger charge is 2.08. The lowest BCUT2D eigenvalue weighted by molar-refractivity contribution is 0.0951. The van der Waals surface area contributed by atoms with Gasteiger partial charge in [-0.2, -0.15) is 11.8 Å². The van der Waals surface area contributed by atoms with Gasteiger partial charge in [-0.15, -0.1) is 0 Å². The minimum atomic E-state index is -0.0564. The number of thioether (sulfide) groups is 1. The highest BCUT2D eigenvalue weighted by molar-refractivity contribution is 9.10. The fraction of sp³-hybridized carbons (Fsp3) is 0.538. The molecule has 5 heteroatoms. The summed E-state index contributed by atoms with van der Waals surface area (Å²) in [6, 6.07) is 3.53. The molecule has 0 bridgehead atoms. The van der Waals surface area contributed by atoms with Crippen molar-refractivity contribution in [2.75, 3.05) is 18.6 Å². The molecule has 1 heterocycles. The van der Waals surface area contributed by atoms with Gasteiger partial charge in [0.05, 0.1) is 5.56 Å². The number of amides is 1. The second kappa shape index (κ2) is 9.39. The molecule has 0 aliphatic heterocycles. The molecule has 0 aliphatic rings. The Bertz CT molecular complexity index is 374. The normalized spacial score (nSPS) is 10.3. The van der Waals surface area contributed by atoms with Crippen LogP contribution < -0.4 is 5.32 Å². The molecular formula is C13H19BrN2OS. The molecule has 0 spiro atoms. The Morgan fingerprint density at radius 2 is 2.17 bits per heavy atom. The van der Waals surface area contributed by atoms with Crippen molar-refractivity contribution in [3.05, 3.63) is 28.5 Å². The van der Waals surface area contributed by atoms with E-state index < -0.39 is 0 Å². The standard InChI is InChI=1S/C13H19BrN2OS/c1-18-10-5-3-2-4-8-16-13(17)11-7-6-9-15-12(11)14/h6-7,9H,2-5,8,10H2,1H3,(H,16,17). The largest absolute Gasteiger partial charge is 0.352 e. The van der Waals surface area contributed by atoms with Crippen molar-refractivity contribution in [2.24, 2.45) is 0 Å². The number of hydrogen-bond donors (Lipinski definition) is 1. The number of carbonyl (C=O) groups is 1. The Morgan fingerprint density at radius 1 is 1.39 bits per heavy atom. The monoisotopic (exact) mass is 330 g/mol. The maximum atomic E-state index is 11.8. The molecule has 1 N–H and O–H groups in total. The van der Waals surface area contributed by atoms with E-state index in [1.165, 1.54) is 25.0 Å². The third-order valence-electron chi connectivity index (χ3n) is 2.56. The zero-order valence-corrected chi connectivity index (χ0v) is 13.0. The third kappa shape index (κ3) is 5.87. The molecule has 0 aliphatic carbocycles. The number of rotatable bonds is 8. The van der Waals surface area contributed by atoms with Crippen molar-refractivity contribution >= 4 is 33.6 Å². The molecule has 0 saturated carbocycles. The second-order valence-electron chi connectivity index (χ2n) is 4.00. The molecule has 0 aromatic carbocycles. The van der Waals surface area contributed by atoms with Crippen molar-refractivity contribution in [3.63, 3.8) is 0 Å². The number of nitrogens with one attached hydrogen (secondary N) is 1. The summed E-state index contributed by atoms with van der Waals surface area (Å²) in [7, 11) is 0. The average Bonchev–Trinajstić information content (AvgIpc) is 2.38. The molecule has 1 rings (SSSR count). The molecule has 1 aromatic heterocycles. The molecule has 1 amide bonds.